The van der Waals surface area contributed by atoms with Gasteiger partial charge in [-0.15, -0.1) is 0 Å². The first-order valence-corrected chi connectivity index (χ1v) is 4.79. The summed E-state index contributed by atoms with van der Waals surface area (Å²) in [5.74, 6) is 0. The molecule has 2 heteroatoms. The van der Waals surface area contributed by atoms with Crippen LogP contribution in [0.25, 0.3) is 0 Å². The molecule has 1 rings (SSSR count). The molecule has 0 radical (unpaired) electrons. The molecule has 0 amide bonds. The van der Waals surface area contributed by atoms with Crippen molar-refractivity contribution in [2.45, 2.75) is 32.8 Å². The Labute approximate surface area is 85.3 Å². The van der Waals surface area contributed by atoms with Gasteiger partial charge >= 0.3 is 0 Å². The molecule has 0 heterocycles. The average molecular weight is 191 g/mol. The van der Waals surface area contributed by atoms with Crippen molar-refractivity contribution in [2.75, 3.05) is 0 Å². The molecule has 0 spiro atoms. The molecule has 76 valence electrons. The van der Waals surface area contributed by atoms with E-state index >= 15 is 0 Å². The molecule has 0 aliphatic heterocycles. The van der Waals surface area contributed by atoms with E-state index in [2.05, 4.69) is 4.99 Å². The SMILES string of the molecule is CC(CC(C)(C)O)=Nc1ccccc1. The number of aliphatic imine (C=N–C) groups is 1. The van der Waals surface area contributed by atoms with E-state index in [0.717, 1.165) is 11.4 Å². The summed E-state index contributed by atoms with van der Waals surface area (Å²) < 4.78 is 0. The second kappa shape index (κ2) is 4.38. The second-order valence-corrected chi connectivity index (χ2v) is 4.17. The molecule has 0 bridgehead atoms. The molecule has 0 saturated carbocycles. The normalized spacial score (nSPS) is 13.0. The van der Waals surface area contributed by atoms with Crippen LogP contribution in [0.4, 0.5) is 5.69 Å². The topological polar surface area (TPSA) is 32.6 Å². The Balaban J connectivity index is 2.70. The van der Waals surface area contributed by atoms with Gasteiger partial charge in [-0.2, -0.15) is 0 Å². The van der Waals surface area contributed by atoms with Crippen molar-refractivity contribution in [2.24, 2.45) is 4.99 Å². The van der Waals surface area contributed by atoms with Crippen molar-refractivity contribution < 1.29 is 5.11 Å². The Morgan fingerprint density at radius 1 is 1.29 bits per heavy atom. The molecular weight excluding hydrogens is 174 g/mol. The van der Waals surface area contributed by atoms with Crippen molar-refractivity contribution in [1.82, 2.24) is 0 Å². The van der Waals surface area contributed by atoms with Gasteiger partial charge in [-0.1, -0.05) is 18.2 Å². The van der Waals surface area contributed by atoms with Gasteiger partial charge in [0.05, 0.1) is 11.3 Å². The highest BCUT2D eigenvalue weighted by atomic mass is 16.3. The smallest absolute Gasteiger partial charge is 0.0643 e. The molecule has 14 heavy (non-hydrogen) atoms. The first kappa shape index (κ1) is 10.9. The summed E-state index contributed by atoms with van der Waals surface area (Å²) in [7, 11) is 0. The van der Waals surface area contributed by atoms with Crippen LogP contribution in [0.15, 0.2) is 35.3 Å². The van der Waals surface area contributed by atoms with Gasteiger partial charge in [-0.25, -0.2) is 0 Å². The lowest BCUT2D eigenvalue weighted by Gasteiger charge is -2.16. The predicted molar refractivity (Wildman–Crippen MR) is 60.1 cm³/mol. The molecular formula is C12H17NO. The van der Waals surface area contributed by atoms with Gasteiger partial charge in [0.1, 0.15) is 0 Å². The van der Waals surface area contributed by atoms with Crippen LogP contribution in [0, 0.1) is 0 Å². The summed E-state index contributed by atoms with van der Waals surface area (Å²) in [6.07, 6.45) is 0.599. The number of hydrogen-bond donors (Lipinski definition) is 1. The summed E-state index contributed by atoms with van der Waals surface area (Å²) in [5, 5.41) is 9.59. The highest BCUT2D eigenvalue weighted by Gasteiger charge is 2.13. The van der Waals surface area contributed by atoms with Gasteiger partial charge in [0, 0.05) is 12.1 Å². The van der Waals surface area contributed by atoms with E-state index in [1.807, 2.05) is 37.3 Å². The quantitative estimate of drug-likeness (QED) is 0.732. The van der Waals surface area contributed by atoms with Crippen molar-refractivity contribution >= 4 is 11.4 Å². The van der Waals surface area contributed by atoms with Crippen LogP contribution in [0.2, 0.25) is 0 Å². The predicted octanol–water partition coefficient (Wildman–Crippen LogP) is 2.94. The van der Waals surface area contributed by atoms with E-state index in [4.69, 9.17) is 0 Å². The fraction of sp³-hybridized carbons (Fsp3) is 0.417. The summed E-state index contributed by atoms with van der Waals surface area (Å²) in [6.45, 7) is 5.51. The Kier molecular flexibility index (Phi) is 3.42. The standard InChI is InChI=1S/C12H17NO/c1-10(9-12(2,3)14)13-11-7-5-4-6-8-11/h4-8,14H,9H2,1-3H3. The fourth-order valence-corrected chi connectivity index (χ4v) is 1.39. The van der Waals surface area contributed by atoms with Crippen LogP contribution in [-0.4, -0.2) is 16.4 Å². The summed E-state index contributed by atoms with van der Waals surface area (Å²) in [5.41, 5.74) is 1.21. The molecule has 0 unspecified atom stereocenters. The van der Waals surface area contributed by atoms with Crippen LogP contribution in [-0.2, 0) is 0 Å². The Hall–Kier alpha value is -1.15. The fourth-order valence-electron chi connectivity index (χ4n) is 1.39. The van der Waals surface area contributed by atoms with Crippen molar-refractivity contribution in [3.63, 3.8) is 0 Å². The maximum Gasteiger partial charge on any atom is 0.0643 e. The highest BCUT2D eigenvalue weighted by molar-refractivity contribution is 5.85. The van der Waals surface area contributed by atoms with Crippen molar-refractivity contribution in [1.29, 1.82) is 0 Å². The first-order chi connectivity index (χ1) is 6.47. The summed E-state index contributed by atoms with van der Waals surface area (Å²) in [6, 6.07) is 9.78. The van der Waals surface area contributed by atoms with Gasteiger partial charge < -0.3 is 5.11 Å². The molecule has 0 saturated heterocycles. The molecule has 0 aromatic heterocycles. The summed E-state index contributed by atoms with van der Waals surface area (Å²) >= 11 is 0. The minimum absolute atomic E-state index is 0.599. The van der Waals surface area contributed by atoms with Crippen molar-refractivity contribution in [3.05, 3.63) is 30.3 Å². The lowest BCUT2D eigenvalue weighted by molar-refractivity contribution is 0.0885. The maximum atomic E-state index is 9.59. The number of nitrogens with zero attached hydrogens (tertiary/aromatic N) is 1. The molecule has 1 aromatic carbocycles. The number of aliphatic hydroxyl groups is 1. The van der Waals surface area contributed by atoms with E-state index in [9.17, 15) is 5.11 Å². The molecule has 2 nitrogen and oxygen atoms in total. The van der Waals surface area contributed by atoms with Crippen LogP contribution < -0.4 is 0 Å². The molecule has 1 aromatic rings. The highest BCUT2D eigenvalue weighted by Crippen LogP contribution is 2.14. The number of hydrogen-bond acceptors (Lipinski definition) is 2. The van der Waals surface area contributed by atoms with E-state index in [1.165, 1.54) is 0 Å². The molecule has 1 N–H and O–H groups in total. The van der Waals surface area contributed by atoms with Gasteiger partial charge in [-0.3, -0.25) is 4.99 Å². The Morgan fingerprint density at radius 2 is 1.86 bits per heavy atom. The Morgan fingerprint density at radius 3 is 2.36 bits per heavy atom. The molecule has 0 fully saturated rings. The lowest BCUT2D eigenvalue weighted by Crippen LogP contribution is -2.21. The van der Waals surface area contributed by atoms with E-state index in [-0.39, 0.29) is 0 Å². The number of para-hydroxylation sites is 1. The maximum absolute atomic E-state index is 9.59. The van der Waals surface area contributed by atoms with Crippen LogP contribution in [0.1, 0.15) is 27.2 Å². The minimum Gasteiger partial charge on any atom is -0.390 e. The third kappa shape index (κ3) is 4.19. The van der Waals surface area contributed by atoms with Gasteiger partial charge in [-0.05, 0) is 32.9 Å². The van der Waals surface area contributed by atoms with Crippen LogP contribution >= 0.6 is 0 Å². The van der Waals surface area contributed by atoms with Crippen LogP contribution in [0.3, 0.4) is 0 Å². The van der Waals surface area contributed by atoms with E-state index in [0.29, 0.717) is 6.42 Å². The first-order valence-electron chi connectivity index (χ1n) is 4.79. The molecule has 0 atom stereocenters. The molecule has 0 aliphatic carbocycles. The number of rotatable bonds is 3. The molecule has 0 aliphatic rings. The zero-order chi connectivity index (χ0) is 10.6. The van der Waals surface area contributed by atoms with Gasteiger partial charge in [0.25, 0.3) is 0 Å². The second-order valence-electron chi connectivity index (χ2n) is 4.17. The zero-order valence-electron chi connectivity index (χ0n) is 8.99. The lowest BCUT2D eigenvalue weighted by atomic mass is 10.0. The van der Waals surface area contributed by atoms with Crippen LogP contribution in [0.5, 0.6) is 0 Å². The minimum atomic E-state index is -0.678. The number of benzene rings is 1. The Bertz CT molecular complexity index is 309. The van der Waals surface area contributed by atoms with Gasteiger partial charge in [0.15, 0.2) is 0 Å². The van der Waals surface area contributed by atoms with Gasteiger partial charge in [0.2, 0.25) is 0 Å². The van der Waals surface area contributed by atoms with E-state index in [1.54, 1.807) is 13.8 Å². The van der Waals surface area contributed by atoms with Crippen molar-refractivity contribution in [3.8, 4) is 0 Å². The largest absolute Gasteiger partial charge is 0.390 e. The zero-order valence-corrected chi connectivity index (χ0v) is 8.99. The average Bonchev–Trinajstić information content (AvgIpc) is 2.02. The van der Waals surface area contributed by atoms with E-state index < -0.39 is 5.60 Å². The monoisotopic (exact) mass is 191 g/mol. The third-order valence-corrected chi connectivity index (χ3v) is 1.76. The summed E-state index contributed by atoms with van der Waals surface area (Å²) in [4.78, 5) is 4.40. The third-order valence-electron chi connectivity index (χ3n) is 1.76.